The highest BCUT2D eigenvalue weighted by Gasteiger charge is 2.37. The molecule has 1 nitrogen and oxygen atoms in total. The van der Waals surface area contributed by atoms with Crippen LogP contribution in [0.2, 0.25) is 0 Å². The van der Waals surface area contributed by atoms with Crippen LogP contribution in [0.5, 0.6) is 0 Å². The van der Waals surface area contributed by atoms with Gasteiger partial charge in [-0.2, -0.15) is 0 Å². The van der Waals surface area contributed by atoms with Crippen LogP contribution in [0, 0.1) is 0 Å². The molecule has 1 saturated carbocycles. The second-order valence-corrected chi connectivity index (χ2v) is 5.97. The van der Waals surface area contributed by atoms with E-state index < -0.39 is 0 Å². The number of rotatable bonds is 3. The first kappa shape index (κ1) is 9.73. The van der Waals surface area contributed by atoms with Crippen molar-refractivity contribution in [3.63, 3.8) is 0 Å². The summed E-state index contributed by atoms with van der Waals surface area (Å²) in [4.78, 5) is 1.56. The maximum absolute atomic E-state index is 6.13. The van der Waals surface area contributed by atoms with Crippen molar-refractivity contribution in [3.8, 4) is 0 Å². The van der Waals surface area contributed by atoms with E-state index in [0.717, 1.165) is 0 Å². The maximum Gasteiger partial charge on any atom is 0.0158 e. The lowest BCUT2D eigenvalue weighted by atomic mass is 10.0. The molecule has 2 N–H and O–H groups in total. The van der Waals surface area contributed by atoms with Crippen molar-refractivity contribution in [2.45, 2.75) is 42.5 Å². The van der Waals surface area contributed by atoms with Gasteiger partial charge in [0.15, 0.2) is 0 Å². The Labute approximate surface area is 95.4 Å². The molecule has 0 atom stereocenters. The average molecular weight is 219 g/mol. The maximum atomic E-state index is 6.13. The number of benzene rings is 1. The molecule has 2 heteroatoms. The van der Waals surface area contributed by atoms with Crippen molar-refractivity contribution in [3.05, 3.63) is 29.3 Å². The first-order chi connectivity index (χ1) is 7.27. The number of nitrogens with two attached hydrogens (primary N) is 1. The van der Waals surface area contributed by atoms with Crippen molar-refractivity contribution in [2.24, 2.45) is 5.73 Å². The van der Waals surface area contributed by atoms with E-state index >= 15 is 0 Å². The highest BCUT2D eigenvalue weighted by Crippen LogP contribution is 2.39. The van der Waals surface area contributed by atoms with Gasteiger partial charge >= 0.3 is 0 Å². The summed E-state index contributed by atoms with van der Waals surface area (Å²) in [7, 11) is 0. The molecule has 80 valence electrons. The Balaban J connectivity index is 1.77. The minimum atomic E-state index is 0.200. The second kappa shape index (κ2) is 3.53. The summed E-state index contributed by atoms with van der Waals surface area (Å²) in [5.41, 5.74) is 9.42. The lowest BCUT2D eigenvalue weighted by molar-refractivity contribution is 0.605. The summed E-state index contributed by atoms with van der Waals surface area (Å²) in [6, 6.07) is 6.76. The van der Waals surface area contributed by atoms with Crippen LogP contribution in [-0.2, 0) is 12.8 Å². The highest BCUT2D eigenvalue weighted by molar-refractivity contribution is 7.99. The third kappa shape index (κ3) is 1.93. The molecular formula is C13H17NS. The minimum absolute atomic E-state index is 0.200. The fourth-order valence-corrected chi connectivity index (χ4v) is 3.51. The van der Waals surface area contributed by atoms with E-state index in [-0.39, 0.29) is 5.54 Å². The second-order valence-electron chi connectivity index (χ2n) is 4.87. The third-order valence-corrected chi connectivity index (χ3v) is 4.80. The summed E-state index contributed by atoms with van der Waals surface area (Å²) in [5, 5.41) is 0. The summed E-state index contributed by atoms with van der Waals surface area (Å²) < 4.78 is 0. The molecule has 2 aliphatic rings. The van der Waals surface area contributed by atoms with Crippen LogP contribution < -0.4 is 5.73 Å². The fraction of sp³-hybridized carbons (Fsp3) is 0.538. The lowest BCUT2D eigenvalue weighted by Crippen LogP contribution is -2.22. The van der Waals surface area contributed by atoms with Crippen molar-refractivity contribution >= 4 is 11.8 Å². The molecular weight excluding hydrogens is 202 g/mol. The smallest absolute Gasteiger partial charge is 0.0158 e. The van der Waals surface area contributed by atoms with E-state index in [1.54, 1.807) is 10.5 Å². The number of aryl methyl sites for hydroxylation is 2. The van der Waals surface area contributed by atoms with Gasteiger partial charge in [0.2, 0.25) is 0 Å². The van der Waals surface area contributed by atoms with Crippen molar-refractivity contribution in [2.75, 3.05) is 5.75 Å². The molecule has 15 heavy (non-hydrogen) atoms. The molecule has 1 aromatic carbocycles. The third-order valence-electron chi connectivity index (χ3n) is 3.58. The summed E-state index contributed by atoms with van der Waals surface area (Å²) in [6.45, 7) is 0. The van der Waals surface area contributed by atoms with Gasteiger partial charge in [0.25, 0.3) is 0 Å². The summed E-state index contributed by atoms with van der Waals surface area (Å²) in [5.74, 6) is 1.26. The Morgan fingerprint density at radius 2 is 2.20 bits per heavy atom. The normalized spacial score (nSPS) is 21.4. The van der Waals surface area contributed by atoms with E-state index in [4.69, 9.17) is 5.73 Å². The molecule has 0 spiro atoms. The van der Waals surface area contributed by atoms with Crippen LogP contribution in [-0.4, -0.2) is 11.3 Å². The molecule has 0 amide bonds. The Morgan fingerprint density at radius 1 is 1.33 bits per heavy atom. The van der Waals surface area contributed by atoms with Gasteiger partial charge in [-0.1, -0.05) is 18.2 Å². The molecule has 0 saturated heterocycles. The monoisotopic (exact) mass is 219 g/mol. The molecule has 1 aromatic rings. The Bertz CT molecular complexity index is 382. The quantitative estimate of drug-likeness (QED) is 0.846. The molecule has 3 rings (SSSR count). The molecule has 0 aromatic heterocycles. The van der Waals surface area contributed by atoms with Gasteiger partial charge in [0.05, 0.1) is 0 Å². The van der Waals surface area contributed by atoms with Crippen LogP contribution in [0.1, 0.15) is 30.4 Å². The van der Waals surface area contributed by atoms with Gasteiger partial charge in [-0.25, -0.2) is 0 Å². The predicted octanol–water partition coefficient (Wildman–Crippen LogP) is 2.76. The Hall–Kier alpha value is -0.470. The van der Waals surface area contributed by atoms with Gasteiger partial charge < -0.3 is 5.73 Å². The molecule has 0 unspecified atom stereocenters. The topological polar surface area (TPSA) is 26.0 Å². The molecule has 0 radical (unpaired) electrons. The van der Waals surface area contributed by atoms with E-state index in [0.29, 0.717) is 0 Å². The van der Waals surface area contributed by atoms with Gasteiger partial charge in [0, 0.05) is 16.2 Å². The summed E-state index contributed by atoms with van der Waals surface area (Å²) in [6.07, 6.45) is 6.06. The van der Waals surface area contributed by atoms with Crippen LogP contribution in [0.15, 0.2) is 23.1 Å². The summed E-state index contributed by atoms with van der Waals surface area (Å²) >= 11 is 2.02. The average Bonchev–Trinajstić information content (AvgIpc) is 2.80. The molecule has 1 aliphatic carbocycles. The first-order valence-electron chi connectivity index (χ1n) is 5.79. The highest BCUT2D eigenvalue weighted by atomic mass is 32.2. The van der Waals surface area contributed by atoms with Gasteiger partial charge in [0.1, 0.15) is 0 Å². The number of hydrogen-bond acceptors (Lipinski definition) is 2. The van der Waals surface area contributed by atoms with Crippen LogP contribution in [0.4, 0.5) is 0 Å². The van der Waals surface area contributed by atoms with E-state index in [1.165, 1.54) is 43.4 Å². The standard InChI is InChI=1S/C13H17NS/c14-13(7-8-13)6-4-10-2-1-3-11-5-9-15-12(10)11/h1-3H,4-9,14H2. The van der Waals surface area contributed by atoms with Gasteiger partial charge in [-0.3, -0.25) is 0 Å². The largest absolute Gasteiger partial charge is 0.325 e. The van der Waals surface area contributed by atoms with Gasteiger partial charge in [-0.05, 0) is 43.2 Å². The Kier molecular flexibility index (Phi) is 2.29. The molecule has 1 aliphatic heterocycles. The van der Waals surface area contributed by atoms with E-state index in [2.05, 4.69) is 18.2 Å². The van der Waals surface area contributed by atoms with Crippen molar-refractivity contribution in [1.82, 2.24) is 0 Å². The molecule has 1 fully saturated rings. The zero-order valence-electron chi connectivity index (χ0n) is 8.96. The number of hydrogen-bond donors (Lipinski definition) is 1. The lowest BCUT2D eigenvalue weighted by Gasteiger charge is -2.11. The Morgan fingerprint density at radius 3 is 3.00 bits per heavy atom. The fourth-order valence-electron chi connectivity index (χ4n) is 2.27. The van der Waals surface area contributed by atoms with Crippen molar-refractivity contribution < 1.29 is 0 Å². The van der Waals surface area contributed by atoms with Crippen LogP contribution in [0.3, 0.4) is 0 Å². The SMILES string of the molecule is NC1(CCc2cccc3c2SCC3)CC1. The first-order valence-corrected chi connectivity index (χ1v) is 6.78. The van der Waals surface area contributed by atoms with Crippen LogP contribution in [0.25, 0.3) is 0 Å². The van der Waals surface area contributed by atoms with Crippen LogP contribution >= 0.6 is 11.8 Å². The molecule has 0 bridgehead atoms. The zero-order chi connectivity index (χ0) is 10.3. The predicted molar refractivity (Wildman–Crippen MR) is 65.3 cm³/mol. The van der Waals surface area contributed by atoms with E-state index in [1.807, 2.05) is 11.8 Å². The number of fused-ring (bicyclic) bond motifs is 1. The van der Waals surface area contributed by atoms with Gasteiger partial charge in [-0.15, -0.1) is 11.8 Å². The molecule has 1 heterocycles. The van der Waals surface area contributed by atoms with E-state index in [9.17, 15) is 0 Å². The zero-order valence-corrected chi connectivity index (χ0v) is 9.78. The van der Waals surface area contributed by atoms with Crippen molar-refractivity contribution in [1.29, 1.82) is 0 Å². The minimum Gasteiger partial charge on any atom is -0.325 e. The number of thioether (sulfide) groups is 1.